The molecule has 1 rings (SSSR count). The van der Waals surface area contributed by atoms with Gasteiger partial charge in [0.15, 0.2) is 0 Å². The standard InChI is InChI=1S/C9H19N/c1-3-7-10(4-2)8-9-5-6-9/h9H,3-8H2,1-2H3. The first-order chi connectivity index (χ1) is 4.86. The zero-order valence-corrected chi connectivity index (χ0v) is 7.27. The molecule has 1 aliphatic rings. The monoisotopic (exact) mass is 141 g/mol. The molecule has 0 spiro atoms. The molecule has 0 unspecified atom stereocenters. The Labute approximate surface area is 64.4 Å². The van der Waals surface area contributed by atoms with Crippen molar-refractivity contribution in [3.63, 3.8) is 0 Å². The van der Waals surface area contributed by atoms with Gasteiger partial charge in [-0.05, 0) is 38.3 Å². The lowest BCUT2D eigenvalue weighted by Crippen LogP contribution is -2.26. The fourth-order valence-electron chi connectivity index (χ4n) is 1.36. The van der Waals surface area contributed by atoms with Crippen molar-refractivity contribution in [1.82, 2.24) is 4.90 Å². The highest BCUT2D eigenvalue weighted by molar-refractivity contribution is 4.76. The minimum absolute atomic E-state index is 1.06. The minimum Gasteiger partial charge on any atom is -0.303 e. The summed E-state index contributed by atoms with van der Waals surface area (Å²) in [7, 11) is 0. The first-order valence-electron chi connectivity index (χ1n) is 4.59. The van der Waals surface area contributed by atoms with E-state index in [2.05, 4.69) is 18.7 Å². The van der Waals surface area contributed by atoms with Crippen molar-refractivity contribution in [2.75, 3.05) is 19.6 Å². The van der Waals surface area contributed by atoms with Crippen LogP contribution in [0.15, 0.2) is 0 Å². The second kappa shape index (κ2) is 3.97. The molecule has 60 valence electrons. The fourth-order valence-corrected chi connectivity index (χ4v) is 1.36. The number of hydrogen-bond donors (Lipinski definition) is 0. The maximum absolute atomic E-state index is 2.57. The molecule has 0 radical (unpaired) electrons. The molecule has 0 aliphatic heterocycles. The van der Waals surface area contributed by atoms with Gasteiger partial charge in [0.2, 0.25) is 0 Å². The van der Waals surface area contributed by atoms with Gasteiger partial charge in [-0.1, -0.05) is 13.8 Å². The van der Waals surface area contributed by atoms with Crippen LogP contribution in [0, 0.1) is 5.92 Å². The van der Waals surface area contributed by atoms with E-state index < -0.39 is 0 Å². The van der Waals surface area contributed by atoms with Gasteiger partial charge in [-0.25, -0.2) is 0 Å². The summed E-state index contributed by atoms with van der Waals surface area (Å²) >= 11 is 0. The molecule has 0 aromatic carbocycles. The topological polar surface area (TPSA) is 3.24 Å². The molecule has 0 aromatic rings. The highest BCUT2D eigenvalue weighted by atomic mass is 15.1. The smallest absolute Gasteiger partial charge is 0.000954 e. The zero-order valence-electron chi connectivity index (χ0n) is 7.27. The molecule has 0 amide bonds. The SMILES string of the molecule is CCCN(CC)CC1CC1. The van der Waals surface area contributed by atoms with Gasteiger partial charge in [-0.15, -0.1) is 0 Å². The molecule has 1 nitrogen and oxygen atoms in total. The van der Waals surface area contributed by atoms with E-state index in [1.54, 1.807) is 0 Å². The highest BCUT2D eigenvalue weighted by Gasteiger charge is 2.22. The van der Waals surface area contributed by atoms with Crippen molar-refractivity contribution in [3.05, 3.63) is 0 Å². The van der Waals surface area contributed by atoms with Crippen LogP contribution in [0.25, 0.3) is 0 Å². The minimum atomic E-state index is 1.06. The Balaban J connectivity index is 2.05. The van der Waals surface area contributed by atoms with Crippen LogP contribution in [-0.4, -0.2) is 24.5 Å². The van der Waals surface area contributed by atoms with E-state index in [4.69, 9.17) is 0 Å². The van der Waals surface area contributed by atoms with Gasteiger partial charge in [0.1, 0.15) is 0 Å². The summed E-state index contributed by atoms with van der Waals surface area (Å²) in [6.45, 7) is 8.43. The lowest BCUT2D eigenvalue weighted by Gasteiger charge is -2.18. The second-order valence-electron chi connectivity index (χ2n) is 3.34. The van der Waals surface area contributed by atoms with Gasteiger partial charge in [0.05, 0.1) is 0 Å². The molecule has 1 aliphatic carbocycles. The van der Waals surface area contributed by atoms with Crippen molar-refractivity contribution in [2.24, 2.45) is 5.92 Å². The summed E-state index contributed by atoms with van der Waals surface area (Å²) in [5.41, 5.74) is 0. The maximum Gasteiger partial charge on any atom is 0.000954 e. The molecule has 1 saturated carbocycles. The predicted molar refractivity (Wildman–Crippen MR) is 45.1 cm³/mol. The Hall–Kier alpha value is -0.0400. The Morgan fingerprint density at radius 1 is 1.30 bits per heavy atom. The van der Waals surface area contributed by atoms with Gasteiger partial charge in [0, 0.05) is 6.54 Å². The van der Waals surface area contributed by atoms with Crippen LogP contribution >= 0.6 is 0 Å². The van der Waals surface area contributed by atoms with Crippen LogP contribution in [-0.2, 0) is 0 Å². The average Bonchev–Trinajstić information content (AvgIpc) is 2.71. The third kappa shape index (κ3) is 2.70. The van der Waals surface area contributed by atoms with E-state index in [1.807, 2.05) is 0 Å². The van der Waals surface area contributed by atoms with Gasteiger partial charge in [-0.3, -0.25) is 0 Å². The first kappa shape index (κ1) is 8.06. The number of rotatable bonds is 5. The predicted octanol–water partition coefficient (Wildman–Crippen LogP) is 2.13. The molecule has 0 saturated heterocycles. The number of hydrogen-bond acceptors (Lipinski definition) is 1. The second-order valence-corrected chi connectivity index (χ2v) is 3.34. The lowest BCUT2D eigenvalue weighted by molar-refractivity contribution is 0.277. The fraction of sp³-hybridized carbons (Fsp3) is 1.00. The van der Waals surface area contributed by atoms with Gasteiger partial charge in [-0.2, -0.15) is 0 Å². The number of nitrogens with zero attached hydrogens (tertiary/aromatic N) is 1. The van der Waals surface area contributed by atoms with Crippen molar-refractivity contribution in [1.29, 1.82) is 0 Å². The average molecular weight is 141 g/mol. The Morgan fingerprint density at radius 3 is 2.40 bits per heavy atom. The van der Waals surface area contributed by atoms with Crippen LogP contribution in [0.5, 0.6) is 0 Å². The Kier molecular flexibility index (Phi) is 3.20. The summed E-state index contributed by atoms with van der Waals surface area (Å²) < 4.78 is 0. The van der Waals surface area contributed by atoms with E-state index in [1.165, 1.54) is 38.9 Å². The molecule has 0 aromatic heterocycles. The van der Waals surface area contributed by atoms with Crippen molar-refractivity contribution >= 4 is 0 Å². The van der Waals surface area contributed by atoms with Gasteiger partial charge >= 0.3 is 0 Å². The molecule has 0 heterocycles. The Morgan fingerprint density at radius 2 is 2.00 bits per heavy atom. The lowest BCUT2D eigenvalue weighted by atomic mass is 10.3. The highest BCUT2D eigenvalue weighted by Crippen LogP contribution is 2.29. The van der Waals surface area contributed by atoms with Crippen LogP contribution in [0.2, 0.25) is 0 Å². The summed E-state index contributed by atoms with van der Waals surface area (Å²) in [6.07, 6.45) is 4.28. The summed E-state index contributed by atoms with van der Waals surface area (Å²) in [4.78, 5) is 2.57. The molecular formula is C9H19N. The molecule has 10 heavy (non-hydrogen) atoms. The third-order valence-electron chi connectivity index (χ3n) is 2.20. The third-order valence-corrected chi connectivity index (χ3v) is 2.20. The molecular weight excluding hydrogens is 122 g/mol. The van der Waals surface area contributed by atoms with Gasteiger partial charge < -0.3 is 4.90 Å². The van der Waals surface area contributed by atoms with Crippen molar-refractivity contribution in [2.45, 2.75) is 33.1 Å². The van der Waals surface area contributed by atoms with Crippen molar-refractivity contribution in [3.8, 4) is 0 Å². The van der Waals surface area contributed by atoms with E-state index >= 15 is 0 Å². The van der Waals surface area contributed by atoms with E-state index in [0.29, 0.717) is 0 Å². The normalized spacial score (nSPS) is 18.3. The molecule has 1 fully saturated rings. The Bertz CT molecular complexity index is 86.7. The molecule has 0 N–H and O–H groups in total. The summed E-state index contributed by atoms with van der Waals surface area (Å²) in [6, 6.07) is 0. The van der Waals surface area contributed by atoms with Gasteiger partial charge in [0.25, 0.3) is 0 Å². The van der Waals surface area contributed by atoms with Crippen LogP contribution in [0.4, 0.5) is 0 Å². The quantitative estimate of drug-likeness (QED) is 0.567. The molecule has 0 atom stereocenters. The van der Waals surface area contributed by atoms with Crippen molar-refractivity contribution < 1.29 is 0 Å². The largest absolute Gasteiger partial charge is 0.303 e. The maximum atomic E-state index is 2.57. The van der Waals surface area contributed by atoms with Crippen LogP contribution in [0.3, 0.4) is 0 Å². The van der Waals surface area contributed by atoms with E-state index in [9.17, 15) is 0 Å². The molecule has 0 bridgehead atoms. The molecule has 1 heteroatoms. The van der Waals surface area contributed by atoms with E-state index in [-0.39, 0.29) is 0 Å². The van der Waals surface area contributed by atoms with E-state index in [0.717, 1.165) is 5.92 Å². The van der Waals surface area contributed by atoms with Crippen LogP contribution < -0.4 is 0 Å². The zero-order chi connectivity index (χ0) is 7.40. The van der Waals surface area contributed by atoms with Crippen LogP contribution in [0.1, 0.15) is 33.1 Å². The first-order valence-corrected chi connectivity index (χ1v) is 4.59. The summed E-state index contributed by atoms with van der Waals surface area (Å²) in [5, 5.41) is 0. The summed E-state index contributed by atoms with van der Waals surface area (Å²) in [5.74, 6) is 1.06.